The summed E-state index contributed by atoms with van der Waals surface area (Å²) in [4.78, 5) is 109. The summed E-state index contributed by atoms with van der Waals surface area (Å²) in [7, 11) is -4.67. The minimum atomic E-state index is -4.67. The van der Waals surface area contributed by atoms with Gasteiger partial charge < -0.3 is 86.5 Å². The lowest BCUT2D eigenvalue weighted by molar-refractivity contribution is -0.135. The average molecular weight is 886 g/mol. The number of aliphatic hydroxyl groups excluding tert-OH is 3. The van der Waals surface area contributed by atoms with E-state index in [1.807, 2.05) is 5.32 Å². The molecule has 0 bridgehead atoms. The number of nitrogens with zero attached hydrogens (tertiary/aromatic N) is 1. The van der Waals surface area contributed by atoms with Crippen LogP contribution < -0.4 is 76.7 Å². The molecule has 32 heteroatoms. The van der Waals surface area contributed by atoms with Crippen LogP contribution >= 0.6 is 0 Å². The molecule has 31 nitrogen and oxygen atoms in total. The minimum Gasteiger partial charge on any atom is -0.394 e. The van der Waals surface area contributed by atoms with Gasteiger partial charge in [0.05, 0.1) is 25.9 Å². The maximum Gasteiger partial charge on any atom is 0.394 e. The highest BCUT2D eigenvalue weighted by atomic mass is 32.3. The van der Waals surface area contributed by atoms with Crippen molar-refractivity contribution in [1.29, 1.82) is 0 Å². The molecule has 60 heavy (non-hydrogen) atoms. The predicted molar refractivity (Wildman–Crippen MR) is 200 cm³/mol. The number of hydroxylamine groups is 1. The van der Waals surface area contributed by atoms with Gasteiger partial charge in [-0.25, -0.2) is 15.3 Å². The molecule has 0 aliphatic carbocycles. The first-order chi connectivity index (χ1) is 28.0. The summed E-state index contributed by atoms with van der Waals surface area (Å²) in [6.45, 7) is -2.08. The number of urea groups is 1. The van der Waals surface area contributed by atoms with Crippen molar-refractivity contribution in [3.05, 3.63) is 11.9 Å². The fourth-order valence-corrected chi connectivity index (χ4v) is 4.80. The Balaban J connectivity index is 0.00000129. The van der Waals surface area contributed by atoms with Crippen molar-refractivity contribution in [2.75, 3.05) is 32.9 Å². The van der Waals surface area contributed by atoms with Crippen LogP contribution in [-0.4, -0.2) is 168 Å². The van der Waals surface area contributed by atoms with E-state index in [1.54, 1.807) is 0 Å². The molecule has 8 atom stereocenters. The lowest BCUT2D eigenvalue weighted by atomic mass is 10.0. The number of primary amides is 1. The van der Waals surface area contributed by atoms with Gasteiger partial charge in [0.2, 0.25) is 29.5 Å². The maximum atomic E-state index is 13.6. The van der Waals surface area contributed by atoms with E-state index in [9.17, 15) is 53.7 Å². The molecule has 0 saturated carbocycles. The number of aliphatic hydroxyl groups is 3. The van der Waals surface area contributed by atoms with E-state index in [1.165, 1.54) is 0 Å². The number of guanidine groups is 1. The molecule has 3 aliphatic rings. The smallest absolute Gasteiger partial charge is 0.394 e. The van der Waals surface area contributed by atoms with E-state index in [0.29, 0.717) is 32.2 Å². The molecule has 340 valence electrons. The molecule has 2 fully saturated rings. The molecule has 0 aromatic rings. The summed E-state index contributed by atoms with van der Waals surface area (Å²) in [5, 5.41) is 47.7. The van der Waals surface area contributed by atoms with E-state index in [4.69, 9.17) is 46.2 Å². The maximum absolute atomic E-state index is 13.6. The fourth-order valence-electron chi connectivity index (χ4n) is 4.80. The van der Waals surface area contributed by atoms with Crippen molar-refractivity contribution in [3.8, 4) is 0 Å². The van der Waals surface area contributed by atoms with E-state index < -0.39 is 126 Å². The standard InChI is InChI=1S/C25H43N13O10.C3H6N2O2.H2O4S/c26-3-1-2-10(27)4-16(41)32-12-6-30-23(47)18(11-5-17(42)37-24(28)36-11)38-20(44)13(7-31-25(29)48)33-21(45)14(8-39)35-22(46)15(9-40)34-19(12)43;4-2-1-7-5-3(2)6;1-5(2,3)4/h7,10-12,14-15,17-18,39-40,42H,1-6,8-9,26-27H2,(H,30,47)(H,32,41)(H,33,45)(H,34,43)(H,35,46)(H,38,44)(H3,28,36,37)(H3,29,31,48);2H,1,4H2,(H,5,6);(H2,1,2,3,4)/b13-7-;;/t10?,11-,12?,14?,15?,17+,18-;2-;/m11./s1. The van der Waals surface area contributed by atoms with Crippen molar-refractivity contribution in [2.45, 2.75) is 74.2 Å². The lowest BCUT2D eigenvalue weighted by Crippen LogP contribution is -2.63. The summed E-state index contributed by atoms with van der Waals surface area (Å²) in [6, 6.07) is -10.3. The number of carbonyl (C=O) groups is 8. The van der Waals surface area contributed by atoms with Crippen LogP contribution in [0.1, 0.15) is 25.7 Å². The zero-order valence-corrected chi connectivity index (χ0v) is 32.3. The van der Waals surface area contributed by atoms with Crippen LogP contribution in [0.4, 0.5) is 4.79 Å². The van der Waals surface area contributed by atoms with E-state index in [0.717, 1.165) is 0 Å². The van der Waals surface area contributed by atoms with Crippen molar-refractivity contribution >= 4 is 63.7 Å². The van der Waals surface area contributed by atoms with Gasteiger partial charge in [0.1, 0.15) is 42.1 Å². The Bertz CT molecular complexity index is 1710. The van der Waals surface area contributed by atoms with Crippen molar-refractivity contribution in [2.24, 2.45) is 33.7 Å². The molecule has 3 heterocycles. The van der Waals surface area contributed by atoms with Gasteiger partial charge in [0, 0.05) is 31.6 Å². The molecule has 0 radical (unpaired) electrons. The van der Waals surface area contributed by atoms with Crippen molar-refractivity contribution in [3.63, 3.8) is 0 Å². The number of carbonyl (C=O) groups excluding carboxylic acids is 8. The van der Waals surface area contributed by atoms with Gasteiger partial charge in [0.25, 0.3) is 11.8 Å². The van der Waals surface area contributed by atoms with Gasteiger partial charge >= 0.3 is 16.4 Å². The third kappa shape index (κ3) is 20.2. The highest BCUT2D eigenvalue weighted by Crippen LogP contribution is 2.12. The van der Waals surface area contributed by atoms with Gasteiger partial charge in [-0.3, -0.25) is 47.5 Å². The number of amides is 9. The largest absolute Gasteiger partial charge is 0.394 e. The predicted octanol–water partition coefficient (Wildman–Crippen LogP) is -11.2. The summed E-state index contributed by atoms with van der Waals surface area (Å²) < 4.78 is 31.6. The number of hydrogen-bond acceptors (Lipinski definition) is 20. The molecular formula is C28H51N15O16S. The number of nitrogens with two attached hydrogens (primary N) is 5. The molecule has 0 spiro atoms. The summed E-state index contributed by atoms with van der Waals surface area (Å²) in [6.07, 6.45) is -0.253. The molecule has 3 rings (SSSR count). The van der Waals surface area contributed by atoms with Crippen LogP contribution in [0.2, 0.25) is 0 Å². The first kappa shape index (κ1) is 52.2. The van der Waals surface area contributed by atoms with Crippen LogP contribution in [0.25, 0.3) is 0 Å². The highest BCUT2D eigenvalue weighted by molar-refractivity contribution is 7.79. The zero-order chi connectivity index (χ0) is 45.7. The Morgan fingerprint density at radius 1 is 0.950 bits per heavy atom. The molecule has 9 amide bonds. The van der Waals surface area contributed by atoms with Gasteiger partial charge in [-0.05, 0) is 19.4 Å². The van der Waals surface area contributed by atoms with Crippen molar-refractivity contribution in [1.82, 2.24) is 48.0 Å². The van der Waals surface area contributed by atoms with Crippen LogP contribution in [-0.2, 0) is 48.8 Å². The minimum absolute atomic E-state index is 0.236. The quantitative estimate of drug-likeness (QED) is 0.0715. The molecule has 2 saturated heterocycles. The van der Waals surface area contributed by atoms with Crippen LogP contribution in [0.15, 0.2) is 16.9 Å². The number of hydrogen-bond donors (Lipinski definition) is 19. The molecule has 0 aromatic heterocycles. The van der Waals surface area contributed by atoms with E-state index in [2.05, 4.69) is 52.5 Å². The normalized spacial score (nSPS) is 26.6. The Hall–Kier alpha value is -5.84. The fraction of sp³-hybridized carbons (Fsp3) is 0.607. The number of nitrogens with one attached hydrogen (secondary N) is 9. The second kappa shape index (κ2) is 25.6. The summed E-state index contributed by atoms with van der Waals surface area (Å²) in [5.74, 6) is -6.92. The second-order valence-corrected chi connectivity index (χ2v) is 13.5. The number of rotatable bonds is 10. The van der Waals surface area contributed by atoms with Crippen LogP contribution in [0.5, 0.6) is 0 Å². The second-order valence-electron chi connectivity index (χ2n) is 12.6. The lowest BCUT2D eigenvalue weighted by Gasteiger charge is -2.31. The summed E-state index contributed by atoms with van der Waals surface area (Å²) in [5.41, 5.74) is 28.7. The van der Waals surface area contributed by atoms with Gasteiger partial charge in [-0.15, -0.1) is 0 Å². The third-order valence-electron chi connectivity index (χ3n) is 7.66. The first-order valence-electron chi connectivity index (χ1n) is 17.4. The Morgan fingerprint density at radius 2 is 1.55 bits per heavy atom. The van der Waals surface area contributed by atoms with Crippen molar-refractivity contribution < 1.29 is 76.0 Å². The Morgan fingerprint density at radius 3 is 2.05 bits per heavy atom. The zero-order valence-electron chi connectivity index (χ0n) is 31.5. The van der Waals surface area contributed by atoms with Crippen LogP contribution in [0.3, 0.4) is 0 Å². The molecule has 24 N–H and O–H groups in total. The topological polar surface area (TPSA) is 532 Å². The average Bonchev–Trinajstić information content (AvgIpc) is 3.53. The Labute approximate surface area is 340 Å². The highest BCUT2D eigenvalue weighted by Gasteiger charge is 2.37. The third-order valence-corrected chi connectivity index (χ3v) is 7.66. The number of aliphatic imine (C=N–C) groups is 1. The SMILES string of the molecule is NCCCC(N)CC(=O)NC1CNC(=O)[C@@H]([C@H]2C[C@H](O)NC(N)=N2)NC(=O)/C(=C/NC(N)=O)NC(=O)C(CO)NC(=O)C(CO)NC1=O.N[C@@H]1CONC1=O.O=S(=O)(O)O. The van der Waals surface area contributed by atoms with Gasteiger partial charge in [-0.2, -0.15) is 8.42 Å². The molecule has 4 unspecified atom stereocenters. The molecule has 3 aliphatic heterocycles. The summed E-state index contributed by atoms with van der Waals surface area (Å²) >= 11 is 0. The van der Waals surface area contributed by atoms with Gasteiger partial charge in [0.15, 0.2) is 5.96 Å². The molecular weight excluding hydrogens is 834 g/mol. The van der Waals surface area contributed by atoms with E-state index in [-0.39, 0.29) is 24.7 Å². The van der Waals surface area contributed by atoms with E-state index >= 15 is 0 Å². The van der Waals surface area contributed by atoms with Gasteiger partial charge in [-0.1, -0.05) is 0 Å². The van der Waals surface area contributed by atoms with Crippen LogP contribution in [0, 0.1) is 0 Å². The Kier molecular flexibility index (Phi) is 22.3. The first-order valence-corrected chi connectivity index (χ1v) is 18.8. The monoisotopic (exact) mass is 885 g/mol. The molecule has 0 aromatic carbocycles.